The summed E-state index contributed by atoms with van der Waals surface area (Å²) in [5.74, 6) is 18.6. The van der Waals surface area contributed by atoms with Crippen LogP contribution in [-0.2, 0) is 9.59 Å². The zero-order valence-corrected chi connectivity index (χ0v) is 79.8. The summed E-state index contributed by atoms with van der Waals surface area (Å²) in [5, 5.41) is 0. The normalized spacial score (nSPS) is 13.7. The number of hydrogen-bond acceptors (Lipinski definition) is 14. The predicted molar refractivity (Wildman–Crippen MR) is 539 cm³/mol. The van der Waals surface area contributed by atoms with E-state index in [0.717, 1.165) is 195 Å². The zero-order valence-electron chi connectivity index (χ0n) is 76.5. The maximum atomic E-state index is 13.9. The number of aromatic amines is 2. The van der Waals surface area contributed by atoms with Crippen LogP contribution in [0.5, 0.6) is 34.5 Å². The molecule has 2 amide bonds. The molecule has 126 heavy (non-hydrogen) atoms. The Morgan fingerprint density at radius 3 is 0.937 bits per heavy atom. The summed E-state index contributed by atoms with van der Waals surface area (Å²) in [5.41, 5.74) is 13.4. The molecule has 0 spiro atoms. The van der Waals surface area contributed by atoms with Crippen LogP contribution in [0.3, 0.4) is 0 Å². The lowest BCUT2D eigenvalue weighted by Gasteiger charge is -2.15. The molecule has 670 valence electrons. The molecule has 0 saturated carbocycles. The fraction of sp³-hybridized carbons (Fsp3) is 0.481. The first-order valence-electron chi connectivity index (χ1n) is 47.9. The number of nitrogens with one attached hydrogen (secondary N) is 2. The van der Waals surface area contributed by atoms with Crippen LogP contribution >= 0.6 is 48.0 Å². The van der Waals surface area contributed by atoms with Crippen molar-refractivity contribution in [1.29, 1.82) is 0 Å². The fourth-order valence-corrected chi connectivity index (χ4v) is 18.8. The Morgan fingerprint density at radius 1 is 0.333 bits per heavy atom. The van der Waals surface area contributed by atoms with E-state index in [4.69, 9.17) is 62.8 Å². The molecule has 7 heterocycles. The number of ether oxygens (including phenoxy) is 6. The van der Waals surface area contributed by atoms with Crippen LogP contribution in [0.25, 0.3) is 80.8 Å². The van der Waals surface area contributed by atoms with Crippen LogP contribution in [-0.4, -0.2) is 103 Å². The van der Waals surface area contributed by atoms with E-state index < -0.39 is 0 Å². The molecule has 11 rings (SSSR count). The Morgan fingerprint density at radius 2 is 0.619 bits per heavy atom. The number of likely N-dealkylation sites (N-methyl/N-ethyl adjacent to an activating group) is 2. The van der Waals surface area contributed by atoms with Crippen molar-refractivity contribution in [1.82, 2.24) is 29.7 Å². The maximum Gasteiger partial charge on any atom is 0.266 e. The Labute approximate surface area is 771 Å². The van der Waals surface area contributed by atoms with E-state index in [1.54, 1.807) is 9.80 Å². The average molecular weight is 1770 g/mol. The third kappa shape index (κ3) is 28.9. The standard InChI is InChI=1S/C108H136N6O8S4/c1-9-17-23-29-31-33-35-37-39-45-67-117-85-53-47-79(48-54-85)103-93-63-59-89(109-93)87(57-51-81-73-99(121-71-43-27-21-13-5)83(75-97(81)119-69-41-25-19-11-3)77-101-105(115)113(15-7)107(123)125-101)91-61-65-95(111-91)104(80-49-55-86(56-50-80)118-68-46-40-38-36-34-32-30-24-18-10-2)96-66-62-92(112-96)88(90-60-64-94(103)110-90)58-52-82-74-100(122-72-44-28-22-14-6)84(76-98(82)120-70-42-26-20-12-4)78-102-106(116)114(16-8)108(124)126-102/h47-50,53-56,59-66,73-78,109,112H,9-46,67-72H2,1-8H3/b89-87?,90-88?,91-87?,92-88?,101-77-,102-78-,103-93?,103-94?,104-95?,104-96?. The summed E-state index contributed by atoms with van der Waals surface area (Å²) in [6, 6.07) is 33.2. The fourth-order valence-electron chi connectivity index (χ4n) is 16.1. The van der Waals surface area contributed by atoms with Gasteiger partial charge in [0.2, 0.25) is 0 Å². The summed E-state index contributed by atoms with van der Waals surface area (Å²) in [6.07, 6.45) is 53.5. The number of thioether (sulfide) groups is 2. The van der Waals surface area contributed by atoms with E-state index in [1.807, 2.05) is 50.3 Å². The van der Waals surface area contributed by atoms with E-state index in [0.29, 0.717) is 139 Å². The van der Waals surface area contributed by atoms with Gasteiger partial charge in [0, 0.05) is 58.5 Å². The Kier molecular flexibility index (Phi) is 41.3. The number of thiocarbonyl (C=S) groups is 2. The van der Waals surface area contributed by atoms with E-state index >= 15 is 0 Å². The molecule has 0 atom stereocenters. The molecule has 0 aliphatic carbocycles. The van der Waals surface area contributed by atoms with Crippen molar-refractivity contribution in [2.75, 3.05) is 52.7 Å². The molecule has 2 fully saturated rings. The average Bonchev–Trinajstić information content (AvgIpc) is 1.63. The van der Waals surface area contributed by atoms with E-state index in [2.05, 4.69) is 172 Å². The van der Waals surface area contributed by atoms with Gasteiger partial charge in [-0.15, -0.1) is 0 Å². The second-order valence-electron chi connectivity index (χ2n) is 33.4. The third-order valence-electron chi connectivity index (χ3n) is 23.4. The highest BCUT2D eigenvalue weighted by Crippen LogP contribution is 2.42. The number of rotatable bonds is 54. The zero-order chi connectivity index (χ0) is 88.5. The van der Waals surface area contributed by atoms with Crippen molar-refractivity contribution in [2.45, 2.75) is 287 Å². The first kappa shape index (κ1) is 97.3. The van der Waals surface area contributed by atoms with E-state index in [1.165, 1.54) is 126 Å². The van der Waals surface area contributed by atoms with Crippen molar-refractivity contribution >= 4 is 127 Å². The van der Waals surface area contributed by atoms with Gasteiger partial charge in [0.15, 0.2) is 0 Å². The van der Waals surface area contributed by atoms with Gasteiger partial charge in [-0.05, 0) is 161 Å². The van der Waals surface area contributed by atoms with Gasteiger partial charge >= 0.3 is 0 Å². The van der Waals surface area contributed by atoms with Crippen molar-refractivity contribution in [3.05, 3.63) is 163 Å². The summed E-state index contributed by atoms with van der Waals surface area (Å²) in [7, 11) is 0. The van der Waals surface area contributed by atoms with E-state index in [-0.39, 0.29) is 11.8 Å². The predicted octanol–water partition coefficient (Wildman–Crippen LogP) is 29.7. The van der Waals surface area contributed by atoms with E-state index in [9.17, 15) is 9.59 Å². The summed E-state index contributed by atoms with van der Waals surface area (Å²) in [4.78, 5) is 51.5. The summed E-state index contributed by atoms with van der Waals surface area (Å²) < 4.78 is 41.4. The number of H-pyrrole nitrogens is 2. The van der Waals surface area contributed by atoms with Crippen LogP contribution < -0.4 is 28.4 Å². The number of hydrogen-bond donors (Lipinski definition) is 2. The number of benzene rings is 4. The summed E-state index contributed by atoms with van der Waals surface area (Å²) in [6.45, 7) is 21.4. The van der Waals surface area contributed by atoms with Gasteiger partial charge in [-0.25, -0.2) is 9.97 Å². The molecule has 0 radical (unpaired) electrons. The molecule has 8 bridgehead atoms. The molecule has 4 aromatic carbocycles. The van der Waals surface area contributed by atoms with Gasteiger partial charge in [0.05, 0.1) is 106 Å². The minimum Gasteiger partial charge on any atom is -0.494 e. The van der Waals surface area contributed by atoms with Gasteiger partial charge in [0.1, 0.15) is 43.1 Å². The third-order valence-corrected chi connectivity index (χ3v) is 26.2. The minimum atomic E-state index is -0.124. The number of carbonyl (C=O) groups excluding carboxylic acids is 2. The van der Waals surface area contributed by atoms with Crippen molar-refractivity contribution in [2.24, 2.45) is 0 Å². The molecule has 3 aromatic heterocycles. The van der Waals surface area contributed by atoms with Crippen LogP contribution in [0.2, 0.25) is 0 Å². The molecule has 18 heteroatoms. The Bertz CT molecular complexity index is 4870. The van der Waals surface area contributed by atoms with Gasteiger partial charge < -0.3 is 38.4 Å². The lowest BCUT2D eigenvalue weighted by Crippen LogP contribution is -2.27. The number of aromatic nitrogens is 4. The Hall–Kier alpha value is -9.30. The first-order valence-corrected chi connectivity index (χ1v) is 50.4. The highest BCUT2D eigenvalue weighted by molar-refractivity contribution is 8.27. The van der Waals surface area contributed by atoms with Gasteiger partial charge in [-0.3, -0.25) is 19.4 Å². The quantitative estimate of drug-likeness (QED) is 0.0161. The topological polar surface area (TPSA) is 153 Å². The monoisotopic (exact) mass is 1770 g/mol. The van der Waals surface area contributed by atoms with Crippen molar-refractivity contribution < 1.29 is 38.0 Å². The number of carbonyl (C=O) groups is 2. The van der Waals surface area contributed by atoms with Crippen molar-refractivity contribution in [3.63, 3.8) is 0 Å². The number of fused-ring (bicyclic) bond motifs is 8. The number of unbranched alkanes of at least 4 members (excludes halogenated alkanes) is 30. The minimum absolute atomic E-state index is 0.124. The number of amides is 2. The highest BCUT2D eigenvalue weighted by atomic mass is 32.2. The molecule has 4 aliphatic rings. The van der Waals surface area contributed by atoms with Crippen molar-refractivity contribution in [3.8, 4) is 80.4 Å². The molecule has 2 saturated heterocycles. The second kappa shape index (κ2) is 53.5. The smallest absolute Gasteiger partial charge is 0.266 e. The molecule has 14 nitrogen and oxygen atoms in total. The molecule has 4 aliphatic heterocycles. The molecule has 2 N–H and O–H groups in total. The molecule has 0 unspecified atom stereocenters. The first-order chi connectivity index (χ1) is 61.9. The number of nitrogens with zero attached hydrogens (tertiary/aromatic N) is 4. The van der Waals surface area contributed by atoms with Crippen LogP contribution in [0.15, 0.2) is 107 Å². The maximum absolute atomic E-state index is 13.9. The highest BCUT2D eigenvalue weighted by Gasteiger charge is 2.33. The second-order valence-corrected chi connectivity index (χ2v) is 36.7. The van der Waals surface area contributed by atoms with Gasteiger partial charge in [0.25, 0.3) is 11.8 Å². The molecular weight excluding hydrogens is 1640 g/mol. The lowest BCUT2D eigenvalue weighted by molar-refractivity contribution is -0.122. The Balaban J connectivity index is 1.11. The van der Waals surface area contributed by atoms with Gasteiger partial charge in [-0.2, -0.15) is 0 Å². The van der Waals surface area contributed by atoms with Crippen LogP contribution in [0, 0.1) is 23.7 Å². The molecular formula is C108H136N6O8S4. The van der Waals surface area contributed by atoms with Gasteiger partial charge in [-0.1, -0.05) is 330 Å². The lowest BCUT2D eigenvalue weighted by atomic mass is 10.0. The molecule has 7 aromatic rings. The van der Waals surface area contributed by atoms with Crippen LogP contribution in [0.4, 0.5) is 0 Å². The largest absolute Gasteiger partial charge is 0.494 e. The SMILES string of the molecule is CCCCCCCCCCCCOc1ccc(-c2c3nc(c(C#Cc4cc(OCCCCCC)c(/C=C5\SC(=S)N(CC)C5=O)cc4OCCCCCC)c4ccc([nH]4)c(-c4ccc(OCCCCCCCCCCCC)cc4)c4nc(c(C#Cc5cc(OCCCCCC)c(/C=C6\SC(=S)N(CC)C6=O)cc5OCCCCCC)c5ccc2[nH]5)C=C4)C=C3)cc1. The van der Waals surface area contributed by atoms with Crippen LogP contribution in [0.1, 0.15) is 343 Å². The summed E-state index contributed by atoms with van der Waals surface area (Å²) >= 11 is 14.1.